The lowest BCUT2D eigenvalue weighted by Gasteiger charge is -2.22. The number of fused-ring (bicyclic) bond motifs is 27. The summed E-state index contributed by atoms with van der Waals surface area (Å²) in [7, 11) is -9.40. The Hall–Kier alpha value is -14.4. The van der Waals surface area contributed by atoms with Crippen molar-refractivity contribution in [2.75, 3.05) is 0 Å². The molecular weight excluding hydrogens is 1490 g/mol. The first-order chi connectivity index (χ1) is 57.7. The van der Waals surface area contributed by atoms with Crippen molar-refractivity contribution in [3.05, 3.63) is 400 Å². The van der Waals surface area contributed by atoms with Crippen LogP contribution in [0.1, 0.15) is 0 Å². The normalized spacial score (nSPS) is 12.2. The Morgan fingerprint density at radius 1 is 0.179 bits per heavy atom. The van der Waals surface area contributed by atoms with Gasteiger partial charge in [-0.05, 0) is 115 Å². The van der Waals surface area contributed by atoms with Crippen LogP contribution in [0, 0.1) is 0 Å². The maximum Gasteiger partial charge on any atom is 0.171 e. The average molecular weight is 1560 g/mol. The van der Waals surface area contributed by atoms with E-state index in [1.54, 1.807) is 0 Å². The molecule has 0 amide bonds. The SMILES string of the molecule is O=P(c1ccccc1)(c1ccccc1)c1ccc2nc3c4ccccc4n4c5ccccc5nc4c3cc2c1.O=P(c1ccccc1)(c1ccccc1)c1ccc2nc3c4ccccc4n4c5ccccc5nc4c3cc2c1.O=P(c1ccccc1)(c1ccccc1)c1cccc2nc3c4ccccc4n4c5ccccc5nc4c3cc12. The molecule has 15 aromatic carbocycles. The van der Waals surface area contributed by atoms with E-state index in [0.29, 0.717) is 0 Å². The molecule has 0 bridgehead atoms. The molecule has 0 fully saturated rings. The highest BCUT2D eigenvalue weighted by Gasteiger charge is 2.34. The maximum absolute atomic E-state index is 15.3. The van der Waals surface area contributed by atoms with Gasteiger partial charge in [-0.15, -0.1) is 0 Å². The van der Waals surface area contributed by atoms with Gasteiger partial charge in [0, 0.05) is 96.2 Å². The fraction of sp³-hybridized carbons (Fsp3) is 0. The topological polar surface area (TPSA) is 142 Å². The third-order valence-electron chi connectivity index (χ3n) is 22.8. The van der Waals surface area contributed by atoms with E-state index in [-0.39, 0.29) is 0 Å². The van der Waals surface area contributed by atoms with Crippen molar-refractivity contribution in [1.29, 1.82) is 0 Å². The summed E-state index contributed by atoms with van der Waals surface area (Å²) in [5, 5.41) is 16.1. The van der Waals surface area contributed by atoms with Crippen molar-refractivity contribution in [3.8, 4) is 0 Å². The van der Waals surface area contributed by atoms with E-state index in [1.165, 1.54) is 0 Å². The van der Waals surface area contributed by atoms with E-state index in [0.717, 1.165) is 196 Å². The molecule has 0 spiro atoms. The molecule has 0 aliphatic carbocycles. The lowest BCUT2D eigenvalue weighted by molar-refractivity contribution is 0.591. The summed E-state index contributed by atoms with van der Waals surface area (Å²) in [5.74, 6) is 0. The van der Waals surface area contributed by atoms with Gasteiger partial charge in [0.1, 0.15) is 16.9 Å². The number of para-hydroxylation sites is 9. The molecule has 15 heteroatoms. The minimum atomic E-state index is -3.20. The van der Waals surface area contributed by atoms with Crippen LogP contribution in [0.5, 0.6) is 0 Å². The van der Waals surface area contributed by atoms with Gasteiger partial charge in [0.15, 0.2) is 21.4 Å². The fourth-order valence-corrected chi connectivity index (χ4v) is 25.6. The number of pyridine rings is 6. The van der Waals surface area contributed by atoms with Gasteiger partial charge in [0.25, 0.3) is 0 Å². The first-order valence-electron chi connectivity index (χ1n) is 38.9. The predicted octanol–water partition coefficient (Wildman–Crippen LogP) is 20.9. The summed E-state index contributed by atoms with van der Waals surface area (Å²) in [6.07, 6.45) is 0. The Kier molecular flexibility index (Phi) is 16.4. The van der Waals surface area contributed by atoms with Crippen molar-refractivity contribution in [1.82, 2.24) is 43.1 Å². The first-order valence-corrected chi connectivity index (χ1v) is 44.0. The molecule has 117 heavy (non-hydrogen) atoms. The zero-order valence-electron chi connectivity index (χ0n) is 62.7. The van der Waals surface area contributed by atoms with Crippen molar-refractivity contribution in [3.63, 3.8) is 0 Å². The summed E-state index contributed by atoms with van der Waals surface area (Å²) in [5.41, 5.74) is 17.1. The lowest BCUT2D eigenvalue weighted by atomic mass is 10.1. The van der Waals surface area contributed by atoms with Gasteiger partial charge in [-0.3, -0.25) is 13.2 Å². The zero-order chi connectivity index (χ0) is 77.9. The maximum atomic E-state index is 15.3. The van der Waals surface area contributed by atoms with Gasteiger partial charge < -0.3 is 13.7 Å². The van der Waals surface area contributed by atoms with Crippen LogP contribution in [-0.2, 0) is 13.7 Å². The van der Waals surface area contributed by atoms with Gasteiger partial charge in [-0.25, -0.2) is 29.9 Å². The van der Waals surface area contributed by atoms with Crippen molar-refractivity contribution >= 4 is 217 Å². The molecule has 0 unspecified atom stereocenters. The molecule has 0 N–H and O–H groups in total. The number of hydrogen-bond donors (Lipinski definition) is 0. The summed E-state index contributed by atoms with van der Waals surface area (Å²) >= 11 is 0. The van der Waals surface area contributed by atoms with Crippen molar-refractivity contribution < 1.29 is 13.7 Å². The van der Waals surface area contributed by atoms with Gasteiger partial charge in [0.05, 0.1) is 82.8 Å². The van der Waals surface area contributed by atoms with Crippen LogP contribution in [0.25, 0.3) is 148 Å². The van der Waals surface area contributed by atoms with Crippen molar-refractivity contribution in [2.45, 2.75) is 0 Å². The van der Waals surface area contributed by atoms with Crippen LogP contribution in [0.4, 0.5) is 0 Å². The van der Waals surface area contributed by atoms with E-state index in [2.05, 4.69) is 128 Å². The van der Waals surface area contributed by atoms with Crippen LogP contribution in [-0.4, -0.2) is 43.1 Å². The second kappa shape index (κ2) is 27.7. The number of imidazole rings is 3. The Labute approximate surface area is 670 Å². The Morgan fingerprint density at radius 3 is 0.795 bits per heavy atom. The zero-order valence-corrected chi connectivity index (χ0v) is 65.4. The van der Waals surface area contributed by atoms with Crippen LogP contribution < -0.4 is 47.7 Å². The molecule has 24 aromatic rings. The second-order valence-corrected chi connectivity index (χ2v) is 37.7. The molecule has 552 valence electrons. The number of nitrogens with zero attached hydrogens (tertiary/aromatic N) is 9. The van der Waals surface area contributed by atoms with Crippen LogP contribution in [0.2, 0.25) is 0 Å². The van der Waals surface area contributed by atoms with Crippen LogP contribution in [0.3, 0.4) is 0 Å². The van der Waals surface area contributed by atoms with E-state index in [4.69, 9.17) is 29.9 Å². The molecule has 0 aliphatic rings. The highest BCUT2D eigenvalue weighted by atomic mass is 31.2. The van der Waals surface area contributed by atoms with Gasteiger partial charge in [-0.1, -0.05) is 285 Å². The van der Waals surface area contributed by atoms with Gasteiger partial charge in [0.2, 0.25) is 0 Å². The monoisotopic (exact) mass is 1560 g/mol. The first kappa shape index (κ1) is 69.4. The Balaban J connectivity index is 0.000000106. The van der Waals surface area contributed by atoms with E-state index < -0.39 is 21.4 Å². The average Bonchev–Trinajstić information content (AvgIpc) is 1.66. The quantitative estimate of drug-likeness (QED) is 0.0784. The molecule has 12 nitrogen and oxygen atoms in total. The van der Waals surface area contributed by atoms with E-state index >= 15 is 4.57 Å². The summed E-state index contributed by atoms with van der Waals surface area (Å²) < 4.78 is 52.0. The molecule has 0 saturated carbocycles. The molecular formula is C102H66N9O3P3. The largest absolute Gasteiger partial charge is 0.309 e. The summed E-state index contributed by atoms with van der Waals surface area (Å²) in [6.45, 7) is 0. The van der Waals surface area contributed by atoms with E-state index in [9.17, 15) is 9.13 Å². The predicted molar refractivity (Wildman–Crippen MR) is 487 cm³/mol. The Bertz CT molecular complexity index is 7860. The van der Waals surface area contributed by atoms with Crippen molar-refractivity contribution in [2.24, 2.45) is 0 Å². The smallest absolute Gasteiger partial charge is 0.171 e. The molecule has 0 saturated heterocycles. The molecule has 0 aliphatic heterocycles. The summed E-state index contributed by atoms with van der Waals surface area (Å²) in [6, 6.07) is 133. The molecule has 9 aromatic heterocycles. The van der Waals surface area contributed by atoms with Gasteiger partial charge in [-0.2, -0.15) is 0 Å². The third kappa shape index (κ3) is 11.1. The molecule has 9 heterocycles. The number of benzene rings is 15. The second-order valence-electron chi connectivity index (χ2n) is 29.4. The lowest BCUT2D eigenvalue weighted by Crippen LogP contribution is -2.25. The summed E-state index contributed by atoms with van der Waals surface area (Å²) in [4.78, 5) is 30.6. The van der Waals surface area contributed by atoms with Gasteiger partial charge >= 0.3 is 0 Å². The molecule has 0 radical (unpaired) electrons. The number of rotatable bonds is 9. The standard InChI is InChI=1S/3C34H22N3OP/c38-39(23-12-3-1-4-13-23,24-14-5-2-6-15-24)32-21-11-18-28-26(32)22-27-33(35-28)25-16-7-9-19-30(25)37-31-20-10-8-17-29(31)36-34(27)37;2*38-39(24-11-3-1-4-12-24,25-13-5-2-6-14-25)26-19-20-29-23(21-26)22-28-33(35-29)27-15-7-9-17-31(27)37-32-18-10-8-16-30(32)36-34(28)37/h3*1-22H. The van der Waals surface area contributed by atoms with Crippen LogP contribution in [0.15, 0.2) is 400 Å². The number of hydrogen-bond acceptors (Lipinski definition) is 9. The minimum absolute atomic E-state index is 0.786. The fourth-order valence-electron chi connectivity index (χ4n) is 17.4. The minimum Gasteiger partial charge on any atom is -0.309 e. The third-order valence-corrected chi connectivity index (χ3v) is 32.1. The number of aromatic nitrogens is 9. The Morgan fingerprint density at radius 2 is 0.453 bits per heavy atom. The molecule has 0 atom stereocenters. The highest BCUT2D eigenvalue weighted by Crippen LogP contribution is 2.48. The van der Waals surface area contributed by atoms with Crippen LogP contribution >= 0.6 is 21.4 Å². The molecule has 24 rings (SSSR count). The highest BCUT2D eigenvalue weighted by molar-refractivity contribution is 7.86. The van der Waals surface area contributed by atoms with E-state index in [1.807, 2.05) is 285 Å².